The third-order valence-corrected chi connectivity index (χ3v) is 2.02. The maximum absolute atomic E-state index is 5.02. The Bertz CT molecular complexity index is 287. The van der Waals surface area contributed by atoms with Crippen LogP contribution >= 0.6 is 0 Å². The third kappa shape index (κ3) is 2.67. The molecule has 2 nitrogen and oxygen atoms in total. The molecule has 1 aromatic rings. The highest BCUT2D eigenvalue weighted by Gasteiger charge is 1.96. The second-order valence-electron chi connectivity index (χ2n) is 2.94. The van der Waals surface area contributed by atoms with Crippen LogP contribution < -0.4 is 0 Å². The minimum absolute atomic E-state index is 0.669. The first-order chi connectivity index (χ1) is 6.27. The lowest BCUT2D eigenvalue weighted by Gasteiger charge is -2.02. The normalized spacial score (nSPS) is 11.8. The van der Waals surface area contributed by atoms with E-state index >= 15 is 0 Å². The van der Waals surface area contributed by atoms with Gasteiger partial charge in [-0.3, -0.25) is 4.99 Å². The summed E-state index contributed by atoms with van der Waals surface area (Å²) in [6, 6.07) is 8.26. The molecule has 0 atom stereocenters. The summed E-state index contributed by atoms with van der Waals surface area (Å²) in [6.07, 6.45) is 0. The molecule has 0 aliphatic heterocycles. The van der Waals surface area contributed by atoms with Crippen molar-refractivity contribution in [1.29, 1.82) is 0 Å². The number of ether oxygens (including phenoxy) is 1. The van der Waals surface area contributed by atoms with Crippen LogP contribution in [0, 0.1) is 0 Å². The van der Waals surface area contributed by atoms with E-state index in [0.717, 1.165) is 5.71 Å². The van der Waals surface area contributed by atoms with E-state index in [4.69, 9.17) is 4.74 Å². The highest BCUT2D eigenvalue weighted by molar-refractivity contribution is 5.98. The summed E-state index contributed by atoms with van der Waals surface area (Å²) in [7, 11) is 3.51. The molecule has 0 N–H and O–H groups in total. The number of hydrogen-bond donors (Lipinski definition) is 0. The van der Waals surface area contributed by atoms with Crippen molar-refractivity contribution in [2.24, 2.45) is 4.99 Å². The Morgan fingerprint density at radius 2 is 1.92 bits per heavy atom. The van der Waals surface area contributed by atoms with Gasteiger partial charge in [0.2, 0.25) is 0 Å². The molecule has 0 heterocycles. The van der Waals surface area contributed by atoms with Gasteiger partial charge in [0.1, 0.15) is 0 Å². The molecule has 13 heavy (non-hydrogen) atoms. The first kappa shape index (κ1) is 9.93. The Balaban J connectivity index is 2.81. The quantitative estimate of drug-likeness (QED) is 0.649. The molecular formula is C11H15NO. The van der Waals surface area contributed by atoms with Gasteiger partial charge in [0.25, 0.3) is 0 Å². The van der Waals surface area contributed by atoms with Gasteiger partial charge >= 0.3 is 0 Å². The summed E-state index contributed by atoms with van der Waals surface area (Å²) in [5.74, 6) is 0. The summed E-state index contributed by atoms with van der Waals surface area (Å²) in [5.41, 5.74) is 3.42. The van der Waals surface area contributed by atoms with Crippen LogP contribution in [-0.4, -0.2) is 19.9 Å². The van der Waals surface area contributed by atoms with Crippen molar-refractivity contribution in [3.05, 3.63) is 35.4 Å². The highest BCUT2D eigenvalue weighted by atomic mass is 16.5. The van der Waals surface area contributed by atoms with Crippen LogP contribution in [0.1, 0.15) is 18.1 Å². The number of benzene rings is 1. The Morgan fingerprint density at radius 3 is 2.38 bits per heavy atom. The molecule has 2 heteroatoms. The monoisotopic (exact) mass is 177 g/mol. The van der Waals surface area contributed by atoms with Crippen LogP contribution in [0.25, 0.3) is 0 Å². The summed E-state index contributed by atoms with van der Waals surface area (Å²) < 4.78 is 5.02. The predicted molar refractivity (Wildman–Crippen MR) is 55.3 cm³/mol. The number of nitrogens with zero attached hydrogens (tertiary/aromatic N) is 1. The van der Waals surface area contributed by atoms with Crippen molar-refractivity contribution in [3.8, 4) is 0 Å². The maximum Gasteiger partial charge on any atom is 0.0713 e. The molecule has 0 aliphatic rings. The molecule has 0 radical (unpaired) electrons. The van der Waals surface area contributed by atoms with E-state index in [-0.39, 0.29) is 0 Å². The molecule has 0 fully saturated rings. The van der Waals surface area contributed by atoms with E-state index in [1.807, 2.05) is 6.92 Å². The SMILES string of the molecule is CN=C(C)c1ccc(COC)cc1. The lowest BCUT2D eigenvalue weighted by Crippen LogP contribution is -1.95. The molecule has 0 bridgehead atoms. The standard InChI is InChI=1S/C11H15NO/c1-9(12-2)11-6-4-10(5-7-11)8-13-3/h4-7H,8H2,1-3H3. The van der Waals surface area contributed by atoms with Gasteiger partial charge in [0.15, 0.2) is 0 Å². The van der Waals surface area contributed by atoms with Crippen LogP contribution in [0.15, 0.2) is 29.3 Å². The minimum atomic E-state index is 0.669. The van der Waals surface area contributed by atoms with E-state index in [9.17, 15) is 0 Å². The fourth-order valence-electron chi connectivity index (χ4n) is 1.14. The van der Waals surface area contributed by atoms with Crippen molar-refractivity contribution in [1.82, 2.24) is 0 Å². The average Bonchev–Trinajstić information content (AvgIpc) is 2.18. The van der Waals surface area contributed by atoms with E-state index in [2.05, 4.69) is 29.3 Å². The average molecular weight is 177 g/mol. The maximum atomic E-state index is 5.02. The first-order valence-corrected chi connectivity index (χ1v) is 4.29. The highest BCUT2D eigenvalue weighted by Crippen LogP contribution is 2.06. The first-order valence-electron chi connectivity index (χ1n) is 4.29. The molecule has 0 unspecified atom stereocenters. The lowest BCUT2D eigenvalue weighted by molar-refractivity contribution is 0.185. The van der Waals surface area contributed by atoms with Gasteiger partial charge in [0, 0.05) is 19.9 Å². The van der Waals surface area contributed by atoms with Crippen LogP contribution in [0.2, 0.25) is 0 Å². The summed E-state index contributed by atoms with van der Waals surface area (Å²) >= 11 is 0. The molecule has 0 saturated heterocycles. The van der Waals surface area contributed by atoms with E-state index in [1.165, 1.54) is 11.1 Å². The Labute approximate surface area is 79.3 Å². The molecule has 1 aromatic carbocycles. The Hall–Kier alpha value is -1.15. The van der Waals surface area contributed by atoms with Crippen molar-refractivity contribution < 1.29 is 4.74 Å². The van der Waals surface area contributed by atoms with Gasteiger partial charge in [-0.15, -0.1) is 0 Å². The second kappa shape index (κ2) is 4.77. The fourth-order valence-corrected chi connectivity index (χ4v) is 1.14. The van der Waals surface area contributed by atoms with Gasteiger partial charge in [-0.05, 0) is 18.1 Å². The van der Waals surface area contributed by atoms with Gasteiger partial charge < -0.3 is 4.74 Å². The van der Waals surface area contributed by atoms with Gasteiger partial charge in [-0.1, -0.05) is 24.3 Å². The second-order valence-corrected chi connectivity index (χ2v) is 2.94. The van der Waals surface area contributed by atoms with Crippen molar-refractivity contribution in [2.45, 2.75) is 13.5 Å². The number of rotatable bonds is 3. The van der Waals surface area contributed by atoms with Gasteiger partial charge in [-0.25, -0.2) is 0 Å². The van der Waals surface area contributed by atoms with Gasteiger partial charge in [-0.2, -0.15) is 0 Å². The smallest absolute Gasteiger partial charge is 0.0713 e. The van der Waals surface area contributed by atoms with E-state index in [1.54, 1.807) is 14.2 Å². The summed E-state index contributed by atoms with van der Waals surface area (Å²) in [4.78, 5) is 4.12. The summed E-state index contributed by atoms with van der Waals surface area (Å²) in [5, 5.41) is 0. The van der Waals surface area contributed by atoms with Crippen LogP contribution in [0.3, 0.4) is 0 Å². The number of hydrogen-bond acceptors (Lipinski definition) is 2. The van der Waals surface area contributed by atoms with Crippen LogP contribution in [-0.2, 0) is 11.3 Å². The fraction of sp³-hybridized carbons (Fsp3) is 0.364. The predicted octanol–water partition coefficient (Wildman–Crippen LogP) is 2.27. The molecule has 70 valence electrons. The summed E-state index contributed by atoms with van der Waals surface area (Å²) in [6.45, 7) is 2.67. The molecule has 0 amide bonds. The molecule has 0 aromatic heterocycles. The zero-order valence-electron chi connectivity index (χ0n) is 8.37. The van der Waals surface area contributed by atoms with Crippen molar-refractivity contribution >= 4 is 5.71 Å². The molecular weight excluding hydrogens is 162 g/mol. The van der Waals surface area contributed by atoms with Crippen molar-refractivity contribution in [3.63, 3.8) is 0 Å². The molecule has 1 rings (SSSR count). The third-order valence-electron chi connectivity index (χ3n) is 2.02. The topological polar surface area (TPSA) is 21.6 Å². The lowest BCUT2D eigenvalue weighted by atomic mass is 10.1. The zero-order chi connectivity index (χ0) is 9.68. The Kier molecular flexibility index (Phi) is 3.65. The molecule has 0 aliphatic carbocycles. The number of aliphatic imine (C=N–C) groups is 1. The Morgan fingerprint density at radius 1 is 1.31 bits per heavy atom. The van der Waals surface area contributed by atoms with Crippen molar-refractivity contribution in [2.75, 3.05) is 14.2 Å². The largest absolute Gasteiger partial charge is 0.380 e. The van der Waals surface area contributed by atoms with Crippen LogP contribution in [0.5, 0.6) is 0 Å². The van der Waals surface area contributed by atoms with Gasteiger partial charge in [0.05, 0.1) is 6.61 Å². The van der Waals surface area contributed by atoms with E-state index < -0.39 is 0 Å². The van der Waals surface area contributed by atoms with E-state index in [0.29, 0.717) is 6.61 Å². The molecule has 0 spiro atoms. The molecule has 0 saturated carbocycles. The minimum Gasteiger partial charge on any atom is -0.380 e. The number of methoxy groups -OCH3 is 1. The zero-order valence-corrected chi connectivity index (χ0v) is 8.37. The van der Waals surface area contributed by atoms with Crippen LogP contribution in [0.4, 0.5) is 0 Å².